The van der Waals surface area contributed by atoms with Crippen LogP contribution in [0.5, 0.6) is 0 Å². The van der Waals surface area contributed by atoms with Gasteiger partial charge >= 0.3 is 5.97 Å². The summed E-state index contributed by atoms with van der Waals surface area (Å²) in [6.45, 7) is 3.96. The number of nitrogens with zero attached hydrogens (tertiary/aromatic N) is 1. The second-order valence-electron chi connectivity index (χ2n) is 5.08. The van der Waals surface area contributed by atoms with Crippen molar-refractivity contribution in [2.24, 2.45) is 0 Å². The van der Waals surface area contributed by atoms with Crippen LogP contribution in [0, 0.1) is 0 Å². The van der Waals surface area contributed by atoms with Crippen molar-refractivity contribution >= 4 is 5.97 Å². The number of carbonyl (C=O) groups excluding carboxylic acids is 1. The molecule has 21 heavy (non-hydrogen) atoms. The largest absolute Gasteiger partial charge is 0.462 e. The van der Waals surface area contributed by atoms with Gasteiger partial charge in [-0.1, -0.05) is 42.5 Å². The Labute approximate surface area is 126 Å². The van der Waals surface area contributed by atoms with Crippen molar-refractivity contribution in [3.8, 4) is 0 Å². The van der Waals surface area contributed by atoms with Gasteiger partial charge in [-0.05, 0) is 37.2 Å². The van der Waals surface area contributed by atoms with Gasteiger partial charge in [0.25, 0.3) is 0 Å². The first-order valence-corrected chi connectivity index (χ1v) is 7.17. The SMILES string of the molecule is CCOC(=O)c1ccc(CN(C)Cc2ccccc2)cc1. The third-order valence-electron chi connectivity index (χ3n) is 3.21. The molecule has 0 aliphatic heterocycles. The molecule has 3 heteroatoms. The van der Waals surface area contributed by atoms with Gasteiger partial charge in [-0.15, -0.1) is 0 Å². The molecule has 0 fully saturated rings. The Kier molecular flexibility index (Phi) is 5.52. The highest BCUT2D eigenvalue weighted by atomic mass is 16.5. The Morgan fingerprint density at radius 3 is 2.10 bits per heavy atom. The molecule has 0 aliphatic carbocycles. The van der Waals surface area contributed by atoms with Crippen LogP contribution in [0.4, 0.5) is 0 Å². The van der Waals surface area contributed by atoms with E-state index < -0.39 is 0 Å². The molecular formula is C18H21NO2. The molecule has 3 nitrogen and oxygen atoms in total. The number of ether oxygens (including phenoxy) is 1. The monoisotopic (exact) mass is 283 g/mol. The summed E-state index contributed by atoms with van der Waals surface area (Å²) in [6.07, 6.45) is 0. The molecule has 0 saturated carbocycles. The summed E-state index contributed by atoms with van der Waals surface area (Å²) in [5.41, 5.74) is 3.08. The third kappa shape index (κ3) is 4.72. The first kappa shape index (κ1) is 15.3. The van der Waals surface area contributed by atoms with Crippen molar-refractivity contribution in [1.29, 1.82) is 0 Å². The van der Waals surface area contributed by atoms with Crippen molar-refractivity contribution in [2.75, 3.05) is 13.7 Å². The van der Waals surface area contributed by atoms with Crippen LogP contribution in [0.1, 0.15) is 28.4 Å². The van der Waals surface area contributed by atoms with Crippen molar-refractivity contribution in [2.45, 2.75) is 20.0 Å². The maximum atomic E-state index is 11.6. The van der Waals surface area contributed by atoms with Crippen molar-refractivity contribution in [1.82, 2.24) is 4.90 Å². The van der Waals surface area contributed by atoms with E-state index in [0.717, 1.165) is 13.1 Å². The number of hydrogen-bond donors (Lipinski definition) is 0. The van der Waals surface area contributed by atoms with Gasteiger partial charge in [-0.3, -0.25) is 4.90 Å². The summed E-state index contributed by atoms with van der Waals surface area (Å²) in [7, 11) is 2.09. The van der Waals surface area contributed by atoms with Crippen LogP contribution in [0.25, 0.3) is 0 Å². The van der Waals surface area contributed by atoms with E-state index in [-0.39, 0.29) is 5.97 Å². The summed E-state index contributed by atoms with van der Waals surface area (Å²) in [4.78, 5) is 13.8. The molecule has 0 N–H and O–H groups in total. The van der Waals surface area contributed by atoms with Crippen LogP contribution in [0.15, 0.2) is 54.6 Å². The van der Waals surface area contributed by atoms with Gasteiger partial charge in [0, 0.05) is 13.1 Å². The van der Waals surface area contributed by atoms with Gasteiger partial charge in [0.2, 0.25) is 0 Å². The number of esters is 1. The van der Waals surface area contributed by atoms with Crippen LogP contribution in [0.3, 0.4) is 0 Å². The predicted molar refractivity (Wildman–Crippen MR) is 84.0 cm³/mol. The molecule has 0 radical (unpaired) electrons. The molecule has 2 aromatic rings. The minimum Gasteiger partial charge on any atom is -0.462 e. The molecule has 0 unspecified atom stereocenters. The van der Waals surface area contributed by atoms with Gasteiger partial charge in [-0.25, -0.2) is 4.79 Å². The summed E-state index contributed by atoms with van der Waals surface area (Å²) in [6, 6.07) is 18.0. The molecule has 2 rings (SSSR count). The number of hydrogen-bond acceptors (Lipinski definition) is 3. The highest BCUT2D eigenvalue weighted by Crippen LogP contribution is 2.10. The Morgan fingerprint density at radius 1 is 0.952 bits per heavy atom. The average Bonchev–Trinajstić information content (AvgIpc) is 2.49. The van der Waals surface area contributed by atoms with E-state index in [1.165, 1.54) is 11.1 Å². The van der Waals surface area contributed by atoms with Crippen molar-refractivity contribution in [3.05, 3.63) is 71.3 Å². The van der Waals surface area contributed by atoms with Crippen molar-refractivity contribution < 1.29 is 9.53 Å². The summed E-state index contributed by atoms with van der Waals surface area (Å²) in [5.74, 6) is -0.262. The van der Waals surface area contributed by atoms with Crippen LogP contribution < -0.4 is 0 Å². The first-order chi connectivity index (χ1) is 10.2. The zero-order valence-electron chi connectivity index (χ0n) is 12.6. The number of benzene rings is 2. The topological polar surface area (TPSA) is 29.5 Å². The summed E-state index contributed by atoms with van der Waals surface area (Å²) >= 11 is 0. The molecule has 0 amide bonds. The van der Waals surface area contributed by atoms with E-state index >= 15 is 0 Å². The zero-order chi connectivity index (χ0) is 15.1. The Balaban J connectivity index is 1.92. The lowest BCUT2D eigenvalue weighted by Gasteiger charge is -2.17. The second-order valence-corrected chi connectivity index (χ2v) is 5.08. The van der Waals surface area contributed by atoms with E-state index in [1.807, 2.05) is 37.3 Å². The van der Waals surface area contributed by atoms with E-state index in [0.29, 0.717) is 12.2 Å². The van der Waals surface area contributed by atoms with Gasteiger partial charge in [-0.2, -0.15) is 0 Å². The minimum atomic E-state index is -0.262. The quantitative estimate of drug-likeness (QED) is 0.760. The van der Waals surface area contributed by atoms with Crippen LogP contribution in [0.2, 0.25) is 0 Å². The Hall–Kier alpha value is -2.13. The number of carbonyl (C=O) groups is 1. The fraction of sp³-hybridized carbons (Fsp3) is 0.278. The molecule has 0 bridgehead atoms. The minimum absolute atomic E-state index is 0.262. The Bertz CT molecular complexity index is 564. The van der Waals surface area contributed by atoms with Crippen LogP contribution >= 0.6 is 0 Å². The maximum Gasteiger partial charge on any atom is 0.338 e. The molecule has 0 atom stereocenters. The molecule has 0 aromatic heterocycles. The second kappa shape index (κ2) is 7.60. The van der Waals surface area contributed by atoms with E-state index in [1.54, 1.807) is 0 Å². The van der Waals surface area contributed by atoms with Gasteiger partial charge in [0.15, 0.2) is 0 Å². The highest BCUT2D eigenvalue weighted by molar-refractivity contribution is 5.89. The lowest BCUT2D eigenvalue weighted by Crippen LogP contribution is -2.17. The van der Waals surface area contributed by atoms with Gasteiger partial charge < -0.3 is 4.74 Å². The fourth-order valence-electron chi connectivity index (χ4n) is 2.22. The third-order valence-corrected chi connectivity index (χ3v) is 3.21. The smallest absolute Gasteiger partial charge is 0.338 e. The molecule has 110 valence electrons. The van der Waals surface area contributed by atoms with Crippen molar-refractivity contribution in [3.63, 3.8) is 0 Å². The molecule has 0 saturated heterocycles. The maximum absolute atomic E-state index is 11.6. The first-order valence-electron chi connectivity index (χ1n) is 7.17. The van der Waals surface area contributed by atoms with Gasteiger partial charge in [0.1, 0.15) is 0 Å². The standard InChI is InChI=1S/C18H21NO2/c1-3-21-18(20)17-11-9-16(10-12-17)14-19(2)13-15-7-5-4-6-8-15/h4-12H,3,13-14H2,1-2H3. The normalized spacial score (nSPS) is 10.6. The predicted octanol–water partition coefficient (Wildman–Crippen LogP) is 3.50. The molecule has 2 aromatic carbocycles. The Morgan fingerprint density at radius 2 is 1.52 bits per heavy atom. The molecule has 0 spiro atoms. The summed E-state index contributed by atoms with van der Waals surface area (Å²) < 4.78 is 4.98. The molecule has 0 aliphatic rings. The van der Waals surface area contributed by atoms with Gasteiger partial charge in [0.05, 0.1) is 12.2 Å². The summed E-state index contributed by atoms with van der Waals surface area (Å²) in [5, 5.41) is 0. The molecule has 0 heterocycles. The highest BCUT2D eigenvalue weighted by Gasteiger charge is 2.06. The lowest BCUT2D eigenvalue weighted by molar-refractivity contribution is 0.0526. The molecular weight excluding hydrogens is 262 g/mol. The van der Waals surface area contributed by atoms with E-state index in [9.17, 15) is 4.79 Å². The lowest BCUT2D eigenvalue weighted by atomic mass is 10.1. The zero-order valence-corrected chi connectivity index (χ0v) is 12.6. The van der Waals surface area contributed by atoms with E-state index in [2.05, 4.69) is 36.2 Å². The van der Waals surface area contributed by atoms with E-state index in [4.69, 9.17) is 4.74 Å². The number of rotatable bonds is 6. The fourth-order valence-corrected chi connectivity index (χ4v) is 2.22. The van der Waals surface area contributed by atoms with Crippen LogP contribution in [-0.4, -0.2) is 24.5 Å². The van der Waals surface area contributed by atoms with Crippen LogP contribution in [-0.2, 0) is 17.8 Å². The average molecular weight is 283 g/mol.